The molecule has 118 valence electrons. The number of imidazole rings is 1. The maximum Gasteiger partial charge on any atom is 0.338 e. The number of hydrogen-bond donors (Lipinski definition) is 1. The molecule has 0 aliphatic rings. The fraction of sp³-hybridized carbons (Fsp3) is 0.400. The van der Waals surface area contributed by atoms with Crippen LogP contribution >= 0.6 is 0 Å². The predicted octanol–water partition coefficient (Wildman–Crippen LogP) is 2.52. The second-order valence-electron chi connectivity index (χ2n) is 5.96. The van der Waals surface area contributed by atoms with Crippen LogP contribution in [-0.2, 0) is 16.1 Å². The van der Waals surface area contributed by atoms with Gasteiger partial charge < -0.3 is 14.4 Å². The average Bonchev–Trinajstić information content (AvgIpc) is 2.63. The van der Waals surface area contributed by atoms with E-state index in [2.05, 4.69) is 4.98 Å². The highest BCUT2D eigenvalue weighted by molar-refractivity contribution is 6.01. The number of rotatable bonds is 3. The number of carbonyl (C=O) groups is 2. The van der Waals surface area contributed by atoms with Gasteiger partial charge in [0.05, 0.1) is 11.1 Å². The van der Waals surface area contributed by atoms with Crippen molar-refractivity contribution in [1.82, 2.24) is 9.55 Å². The molecule has 0 aliphatic heterocycles. The van der Waals surface area contributed by atoms with Crippen LogP contribution in [0.15, 0.2) is 12.1 Å². The van der Waals surface area contributed by atoms with E-state index in [1.807, 2.05) is 0 Å². The number of carboxylic acid groups (broad SMARTS) is 1. The van der Waals surface area contributed by atoms with E-state index in [4.69, 9.17) is 9.84 Å². The van der Waals surface area contributed by atoms with Gasteiger partial charge in [0, 0.05) is 0 Å². The zero-order valence-corrected chi connectivity index (χ0v) is 12.8. The summed E-state index contributed by atoms with van der Waals surface area (Å²) in [4.78, 5) is 27.3. The van der Waals surface area contributed by atoms with Gasteiger partial charge in [-0.15, -0.1) is 0 Å². The SMILES string of the molecule is Cc1nc2c(C(=O)O)cc(F)cc2n1CC(=O)OC(C)(C)C. The maximum absolute atomic E-state index is 13.6. The summed E-state index contributed by atoms with van der Waals surface area (Å²) in [5.74, 6) is -2.06. The standard InChI is InChI=1S/C15H17FN2O4/c1-8-17-13-10(14(20)21)5-9(16)6-11(13)18(8)7-12(19)22-15(2,3)4/h5-6H,7H2,1-4H3,(H,20,21). The molecule has 0 amide bonds. The molecule has 22 heavy (non-hydrogen) atoms. The predicted molar refractivity (Wildman–Crippen MR) is 77.2 cm³/mol. The van der Waals surface area contributed by atoms with Gasteiger partial charge in [-0.2, -0.15) is 0 Å². The number of halogens is 1. The Morgan fingerprint density at radius 2 is 2.00 bits per heavy atom. The van der Waals surface area contributed by atoms with Gasteiger partial charge in [-0.25, -0.2) is 14.2 Å². The molecule has 0 spiro atoms. The van der Waals surface area contributed by atoms with Crippen LogP contribution in [0.2, 0.25) is 0 Å². The fourth-order valence-corrected chi connectivity index (χ4v) is 2.17. The Bertz CT molecular complexity index is 759. The number of fused-ring (bicyclic) bond motifs is 1. The van der Waals surface area contributed by atoms with Crippen molar-refractivity contribution in [3.05, 3.63) is 29.3 Å². The molecule has 0 fully saturated rings. The molecule has 0 aliphatic carbocycles. The minimum atomic E-state index is -1.27. The molecular formula is C15H17FN2O4. The molecule has 7 heteroatoms. The van der Waals surface area contributed by atoms with Crippen LogP contribution < -0.4 is 0 Å². The first-order chi connectivity index (χ1) is 10.1. The lowest BCUT2D eigenvalue weighted by Gasteiger charge is -2.20. The van der Waals surface area contributed by atoms with Crippen LogP contribution in [0.5, 0.6) is 0 Å². The number of carboxylic acids is 1. The van der Waals surface area contributed by atoms with E-state index < -0.39 is 23.4 Å². The Balaban J connectivity index is 2.49. The van der Waals surface area contributed by atoms with Gasteiger partial charge in [0.25, 0.3) is 0 Å². The van der Waals surface area contributed by atoms with E-state index in [1.165, 1.54) is 4.57 Å². The van der Waals surface area contributed by atoms with Gasteiger partial charge in [0.1, 0.15) is 29.3 Å². The maximum atomic E-state index is 13.6. The summed E-state index contributed by atoms with van der Waals surface area (Å²) in [6.07, 6.45) is 0. The van der Waals surface area contributed by atoms with E-state index in [1.54, 1.807) is 27.7 Å². The minimum absolute atomic E-state index is 0.148. The number of ether oxygens (including phenoxy) is 1. The molecule has 6 nitrogen and oxygen atoms in total. The first-order valence-corrected chi connectivity index (χ1v) is 6.70. The van der Waals surface area contributed by atoms with E-state index in [0.717, 1.165) is 12.1 Å². The average molecular weight is 308 g/mol. The summed E-state index contributed by atoms with van der Waals surface area (Å²) < 4.78 is 20.3. The molecule has 0 atom stereocenters. The number of nitrogens with zero attached hydrogens (tertiary/aromatic N) is 2. The first-order valence-electron chi connectivity index (χ1n) is 6.70. The molecule has 1 aromatic carbocycles. The lowest BCUT2D eigenvalue weighted by Crippen LogP contribution is -2.26. The monoisotopic (exact) mass is 308 g/mol. The zero-order chi connectivity index (χ0) is 16.7. The Labute approximate surface area is 126 Å². The largest absolute Gasteiger partial charge is 0.478 e. The van der Waals surface area contributed by atoms with Gasteiger partial charge in [0.2, 0.25) is 0 Å². The Hall–Kier alpha value is -2.44. The fourth-order valence-electron chi connectivity index (χ4n) is 2.17. The topological polar surface area (TPSA) is 81.4 Å². The quantitative estimate of drug-likeness (QED) is 0.881. The van der Waals surface area contributed by atoms with Gasteiger partial charge in [-0.3, -0.25) is 4.79 Å². The smallest absolute Gasteiger partial charge is 0.338 e. The summed E-state index contributed by atoms with van der Waals surface area (Å²) in [6, 6.07) is 2.07. The molecule has 2 aromatic rings. The van der Waals surface area contributed by atoms with Crippen molar-refractivity contribution in [2.75, 3.05) is 0 Å². The second kappa shape index (κ2) is 5.40. The molecule has 0 unspecified atom stereocenters. The van der Waals surface area contributed by atoms with E-state index in [9.17, 15) is 14.0 Å². The summed E-state index contributed by atoms with van der Waals surface area (Å²) in [7, 11) is 0. The van der Waals surface area contributed by atoms with Crippen LogP contribution in [-0.4, -0.2) is 32.2 Å². The van der Waals surface area contributed by atoms with Crippen molar-refractivity contribution in [3.63, 3.8) is 0 Å². The number of hydrogen-bond acceptors (Lipinski definition) is 4. The minimum Gasteiger partial charge on any atom is -0.478 e. The Kier molecular flexibility index (Phi) is 3.91. The molecular weight excluding hydrogens is 291 g/mol. The molecule has 1 N–H and O–H groups in total. The highest BCUT2D eigenvalue weighted by Crippen LogP contribution is 2.22. The van der Waals surface area contributed by atoms with Crippen molar-refractivity contribution in [2.45, 2.75) is 39.8 Å². The number of aromatic nitrogens is 2. The summed E-state index contributed by atoms with van der Waals surface area (Å²) in [5, 5.41) is 9.13. The van der Waals surface area contributed by atoms with Gasteiger partial charge in [-0.05, 0) is 39.8 Å². The second-order valence-corrected chi connectivity index (χ2v) is 5.96. The van der Waals surface area contributed by atoms with E-state index in [0.29, 0.717) is 5.82 Å². The van der Waals surface area contributed by atoms with Gasteiger partial charge >= 0.3 is 11.9 Å². The first kappa shape index (κ1) is 15.9. The third-order valence-corrected chi connectivity index (χ3v) is 2.95. The van der Waals surface area contributed by atoms with Crippen molar-refractivity contribution < 1.29 is 23.8 Å². The molecule has 0 saturated heterocycles. The molecule has 0 bridgehead atoms. The van der Waals surface area contributed by atoms with Crippen molar-refractivity contribution in [3.8, 4) is 0 Å². The lowest BCUT2D eigenvalue weighted by atomic mass is 10.2. The van der Waals surface area contributed by atoms with Crippen molar-refractivity contribution >= 4 is 23.0 Å². The van der Waals surface area contributed by atoms with E-state index in [-0.39, 0.29) is 23.1 Å². The lowest BCUT2D eigenvalue weighted by molar-refractivity contribution is -0.155. The highest BCUT2D eigenvalue weighted by Gasteiger charge is 2.21. The van der Waals surface area contributed by atoms with Crippen molar-refractivity contribution in [1.29, 1.82) is 0 Å². The van der Waals surface area contributed by atoms with Gasteiger partial charge in [0.15, 0.2) is 0 Å². The number of benzene rings is 1. The Morgan fingerprint density at radius 1 is 1.36 bits per heavy atom. The summed E-state index contributed by atoms with van der Waals surface area (Å²) in [5.41, 5.74) is -0.476. The third-order valence-electron chi connectivity index (χ3n) is 2.95. The van der Waals surface area contributed by atoms with Crippen LogP contribution in [0.4, 0.5) is 4.39 Å². The molecule has 0 saturated carbocycles. The molecule has 1 heterocycles. The van der Waals surface area contributed by atoms with Gasteiger partial charge in [-0.1, -0.05) is 0 Å². The number of carbonyl (C=O) groups excluding carboxylic acids is 1. The molecule has 1 aromatic heterocycles. The normalized spacial score (nSPS) is 11.7. The molecule has 0 radical (unpaired) electrons. The number of aromatic carboxylic acids is 1. The van der Waals surface area contributed by atoms with Crippen LogP contribution in [0.25, 0.3) is 11.0 Å². The number of esters is 1. The van der Waals surface area contributed by atoms with Crippen LogP contribution in [0, 0.1) is 12.7 Å². The zero-order valence-electron chi connectivity index (χ0n) is 12.8. The van der Waals surface area contributed by atoms with E-state index >= 15 is 0 Å². The molecule has 2 rings (SSSR count). The van der Waals surface area contributed by atoms with Crippen LogP contribution in [0.1, 0.15) is 37.0 Å². The third kappa shape index (κ3) is 3.24. The van der Waals surface area contributed by atoms with Crippen LogP contribution in [0.3, 0.4) is 0 Å². The highest BCUT2D eigenvalue weighted by atomic mass is 19.1. The number of aryl methyl sites for hydroxylation is 1. The summed E-state index contributed by atoms with van der Waals surface area (Å²) in [6.45, 7) is 6.68. The Morgan fingerprint density at radius 3 is 2.55 bits per heavy atom. The van der Waals surface area contributed by atoms with Crippen molar-refractivity contribution in [2.24, 2.45) is 0 Å². The summed E-state index contributed by atoms with van der Waals surface area (Å²) >= 11 is 0.